The van der Waals surface area contributed by atoms with E-state index in [9.17, 15) is 13.2 Å². The molecule has 0 aliphatic heterocycles. The number of nitrogens with zero attached hydrogens (tertiary/aromatic N) is 19. The van der Waals surface area contributed by atoms with E-state index in [0.29, 0.717) is 110 Å². The Balaban J connectivity index is 0.000000147. The van der Waals surface area contributed by atoms with Crippen LogP contribution < -0.4 is 68.5 Å². The highest BCUT2D eigenvalue weighted by Gasteiger charge is 2.28. The maximum absolute atomic E-state index is 12.5. The summed E-state index contributed by atoms with van der Waals surface area (Å²) in [5.74, 6) is 8.84. The van der Waals surface area contributed by atoms with Gasteiger partial charge in [0.25, 0.3) is 0 Å². The zero-order chi connectivity index (χ0) is 104. The molecular weight excluding hydrogens is 1900 g/mol. The Labute approximate surface area is 861 Å². The molecule has 0 spiro atoms. The van der Waals surface area contributed by atoms with Gasteiger partial charge in [-0.3, -0.25) is 0 Å². The van der Waals surface area contributed by atoms with E-state index in [1.807, 2.05) is 334 Å². The third kappa shape index (κ3) is 35.0. The summed E-state index contributed by atoms with van der Waals surface area (Å²) in [6.07, 6.45) is -4.37. The second-order valence-electron chi connectivity index (χ2n) is 33.8. The number of hydrogen-bond donors (Lipinski definition) is 12. The number of nitrogens with one attached hydrogen (secondary N) is 12. The van der Waals surface area contributed by atoms with Crippen molar-refractivity contribution in [2.24, 2.45) is 0 Å². The van der Waals surface area contributed by atoms with Crippen LogP contribution in [-0.2, 0) is 0 Å². The van der Waals surface area contributed by atoms with Gasteiger partial charge in [0.2, 0.25) is 71.4 Å². The van der Waals surface area contributed by atoms with Gasteiger partial charge in [-0.05, 0) is 215 Å². The van der Waals surface area contributed by atoms with Gasteiger partial charge in [0, 0.05) is 97.2 Å². The number of ether oxygens (including phenoxy) is 1. The lowest BCUT2D eigenvalue weighted by molar-refractivity contribution is -0.115. The molecule has 0 saturated carbocycles. The highest BCUT2D eigenvalue weighted by molar-refractivity contribution is 6.33. The molecule has 0 saturated heterocycles. The number of aromatic nitrogens is 18. The third-order valence-electron chi connectivity index (χ3n) is 19.8. The minimum Gasteiger partial charge on any atom is -0.496 e. The molecule has 147 heavy (non-hydrogen) atoms. The molecule has 0 amide bonds. The zero-order valence-corrected chi connectivity index (χ0v) is 84.2. The Morgan fingerprint density at radius 2 is 0.544 bits per heavy atom. The maximum Gasteiger partial charge on any atom is 0.405 e. The largest absolute Gasteiger partial charge is 0.496 e. The average molecular weight is 2010 g/mol. The van der Waals surface area contributed by atoms with Crippen LogP contribution in [0.5, 0.6) is 5.75 Å². The standard InChI is InChI=1S/C19H18N6.C19H21N5O.C19H21N5.2C18H18ClN5.C17H14F3N5/c1-13(2)21-18-23-17(15-8-6-7-14(11-15)12-20)24-19(25-18)22-16-9-4-3-5-10-16;1-13(2)20-18-22-17(15-11-7-8-12-16(15)25-3)23-19(24-18)21-14-9-5-4-6-10-14;1-13(2)20-18-22-17(16-12-8-7-9-14(16)3)23-19(24-18)21-15-10-5-4-6-11-15;1-12(2)20-17-22-16(14-10-6-7-11-15(14)19)23-18(24-17)21-13-8-4-3-5-9-13;1-12(2)20-17-22-16(13-8-10-14(19)11-9-13)23-18(24-17)21-15-6-4-3-5-7-15;18-17(19,20)11-21-15-23-14(12-7-3-1-4-8-12)24-16(25-15)22-13-9-5-2-6-10-13/h3-11,13H,1-2H3,(H2,21,22,23,24,25);4-13H,1-3H3,(H2,20,21,22,23,24);4-13H,1-3H3,(H2,20,21,22,23,24);2*3-12H,1-2H3,(H2,20,21,22,23,24);1-10H,11H2,(H2,21,22,23,24,25). The molecule has 32 nitrogen and oxygen atoms in total. The first-order valence-electron chi connectivity index (χ1n) is 47.0. The van der Waals surface area contributed by atoms with Crippen molar-refractivity contribution >= 4 is 129 Å². The fraction of sp³-hybridized carbons (Fsp3) is 0.173. The van der Waals surface area contributed by atoms with Gasteiger partial charge >= 0.3 is 6.18 Å². The van der Waals surface area contributed by atoms with Crippen molar-refractivity contribution in [3.8, 4) is 80.1 Å². The molecule has 18 rings (SSSR count). The molecule has 746 valence electrons. The SMILES string of the molecule is CC(C)Nc1nc(Nc2ccccc2)nc(-c2ccc(Cl)cc2)n1.CC(C)Nc1nc(Nc2ccccc2)nc(-c2cccc(C#N)c2)n1.CC(C)Nc1nc(Nc2ccccc2)nc(-c2ccccc2Cl)n1.COc1ccccc1-c1nc(Nc2ccccc2)nc(NC(C)C)n1.Cc1ccccc1-c1nc(Nc2ccccc2)nc(NC(C)C)n1.FC(F)(F)CNc1nc(Nc2ccccc2)nc(-c2ccccc2)n1. The fourth-order valence-electron chi connectivity index (χ4n) is 13.3. The molecule has 0 radical (unpaired) electrons. The van der Waals surface area contributed by atoms with Crippen LogP contribution in [0, 0.1) is 18.3 Å². The Bertz CT molecular complexity index is 7090. The van der Waals surface area contributed by atoms with Crippen LogP contribution in [0.15, 0.2) is 334 Å². The lowest BCUT2D eigenvalue weighted by atomic mass is 10.1. The van der Waals surface area contributed by atoms with Crippen molar-refractivity contribution in [1.82, 2.24) is 89.7 Å². The topological polar surface area (TPSA) is 409 Å². The highest BCUT2D eigenvalue weighted by atomic mass is 35.5. The first kappa shape index (κ1) is 106. The first-order chi connectivity index (χ1) is 71.1. The number of halogens is 5. The monoisotopic (exact) mass is 2010 g/mol. The molecule has 12 aromatic carbocycles. The second-order valence-corrected chi connectivity index (χ2v) is 34.7. The minimum atomic E-state index is -4.37. The van der Waals surface area contributed by atoms with Gasteiger partial charge in [-0.15, -0.1) is 0 Å². The Morgan fingerprint density at radius 3 is 0.884 bits per heavy atom. The summed E-state index contributed by atoms with van der Waals surface area (Å²) in [6.45, 7) is 21.2. The number of methoxy groups -OCH3 is 1. The van der Waals surface area contributed by atoms with Crippen molar-refractivity contribution < 1.29 is 17.9 Å². The number of aryl methyl sites for hydroxylation is 1. The van der Waals surface area contributed by atoms with Crippen LogP contribution in [-0.4, -0.2) is 140 Å². The van der Waals surface area contributed by atoms with Crippen LogP contribution in [0.1, 0.15) is 80.4 Å². The van der Waals surface area contributed by atoms with Gasteiger partial charge in [0.1, 0.15) is 12.3 Å². The molecule has 0 fully saturated rings. The lowest BCUT2D eigenvalue weighted by Gasteiger charge is -2.13. The van der Waals surface area contributed by atoms with Crippen LogP contribution in [0.25, 0.3) is 68.3 Å². The maximum atomic E-state index is 12.5. The van der Waals surface area contributed by atoms with Crippen molar-refractivity contribution in [3.63, 3.8) is 0 Å². The van der Waals surface area contributed by atoms with Gasteiger partial charge in [-0.2, -0.15) is 108 Å². The summed E-state index contributed by atoms with van der Waals surface area (Å²) in [4.78, 5) is 79.9. The number of rotatable bonds is 31. The summed E-state index contributed by atoms with van der Waals surface area (Å²) in [5, 5.41) is 47.7. The molecule has 0 atom stereocenters. The summed E-state index contributed by atoms with van der Waals surface area (Å²) in [5.41, 5.74) is 11.9. The van der Waals surface area contributed by atoms with Crippen molar-refractivity contribution in [1.29, 1.82) is 5.26 Å². The molecule has 12 N–H and O–H groups in total. The Morgan fingerprint density at radius 1 is 0.279 bits per heavy atom. The number of alkyl halides is 3. The summed E-state index contributed by atoms with van der Waals surface area (Å²) < 4.78 is 42.8. The normalized spacial score (nSPS) is 10.7. The molecule has 6 aromatic heterocycles. The summed E-state index contributed by atoms with van der Waals surface area (Å²) >= 11 is 12.2. The fourth-order valence-corrected chi connectivity index (χ4v) is 13.7. The van der Waals surface area contributed by atoms with Crippen LogP contribution in [0.2, 0.25) is 10.0 Å². The molecule has 18 aromatic rings. The molecular formula is C110H110Cl2F3N31O. The Hall–Kier alpha value is -18.0. The van der Waals surface area contributed by atoms with E-state index in [0.717, 1.165) is 73.3 Å². The molecule has 0 aliphatic rings. The number of nitriles is 1. The second kappa shape index (κ2) is 53.7. The zero-order valence-electron chi connectivity index (χ0n) is 82.6. The number of benzene rings is 12. The quantitative estimate of drug-likeness (QED) is 0.0192. The first-order valence-corrected chi connectivity index (χ1v) is 47.8. The van der Waals surface area contributed by atoms with Gasteiger partial charge in [0.15, 0.2) is 34.9 Å². The van der Waals surface area contributed by atoms with E-state index in [-0.39, 0.29) is 47.9 Å². The van der Waals surface area contributed by atoms with Crippen molar-refractivity contribution in [2.75, 3.05) is 77.5 Å². The lowest BCUT2D eigenvalue weighted by Crippen LogP contribution is -2.22. The number of hydrogen-bond acceptors (Lipinski definition) is 32. The summed E-state index contributed by atoms with van der Waals surface area (Å²) in [7, 11) is 1.64. The van der Waals surface area contributed by atoms with E-state index < -0.39 is 12.7 Å². The van der Waals surface area contributed by atoms with Gasteiger partial charge in [0.05, 0.1) is 29.3 Å². The molecule has 37 heteroatoms. The van der Waals surface area contributed by atoms with E-state index in [1.54, 1.807) is 55.6 Å². The number of para-hydroxylation sites is 7. The van der Waals surface area contributed by atoms with E-state index in [2.05, 4.69) is 186 Å². The number of anilines is 18. The van der Waals surface area contributed by atoms with E-state index in [4.69, 9.17) is 33.2 Å². The third-order valence-corrected chi connectivity index (χ3v) is 20.3. The van der Waals surface area contributed by atoms with Crippen LogP contribution >= 0.6 is 23.2 Å². The van der Waals surface area contributed by atoms with Gasteiger partial charge in [-0.1, -0.05) is 223 Å². The molecule has 6 heterocycles. The molecule has 0 aliphatic carbocycles. The van der Waals surface area contributed by atoms with Crippen molar-refractivity contribution in [3.05, 3.63) is 355 Å². The summed E-state index contributed by atoms with van der Waals surface area (Å²) in [6, 6.07) is 108. The minimum absolute atomic E-state index is 0.149. The van der Waals surface area contributed by atoms with Crippen molar-refractivity contribution in [2.45, 2.75) is 113 Å². The molecule has 0 bridgehead atoms. The predicted octanol–water partition coefficient (Wildman–Crippen LogP) is 26.3. The molecule has 0 unspecified atom stereocenters. The van der Waals surface area contributed by atoms with Gasteiger partial charge in [-0.25, -0.2) is 0 Å². The predicted molar refractivity (Wildman–Crippen MR) is 584 cm³/mol. The van der Waals surface area contributed by atoms with Crippen LogP contribution in [0.3, 0.4) is 0 Å². The van der Waals surface area contributed by atoms with E-state index in [1.165, 1.54) is 0 Å². The Kier molecular flexibility index (Phi) is 38.8. The smallest absolute Gasteiger partial charge is 0.405 e. The van der Waals surface area contributed by atoms with E-state index >= 15 is 0 Å². The average Bonchev–Trinajstić information content (AvgIpc) is 0.651. The van der Waals surface area contributed by atoms with Gasteiger partial charge < -0.3 is 68.5 Å². The van der Waals surface area contributed by atoms with Crippen LogP contribution in [0.4, 0.5) is 119 Å². The highest BCUT2D eigenvalue weighted by Crippen LogP contribution is 2.34.